The first-order valence-electron chi connectivity index (χ1n) is 9.33. The number of hydrogen-bond donors (Lipinski definition) is 1. The zero-order valence-corrected chi connectivity index (χ0v) is 17.7. The van der Waals surface area contributed by atoms with Crippen molar-refractivity contribution in [3.8, 4) is 28.7 Å². The van der Waals surface area contributed by atoms with Crippen molar-refractivity contribution in [2.45, 2.75) is 17.7 Å². The van der Waals surface area contributed by atoms with Gasteiger partial charge in [0.25, 0.3) is 5.89 Å². The molecule has 4 aromatic rings. The van der Waals surface area contributed by atoms with Crippen LogP contribution in [0.3, 0.4) is 0 Å². The van der Waals surface area contributed by atoms with Crippen LogP contribution in [-0.2, 0) is 29.9 Å². The number of nitrogens with two attached hydrogens (primary N) is 1. The van der Waals surface area contributed by atoms with Gasteiger partial charge in [0.2, 0.25) is 21.7 Å². The molecule has 3 aromatic heterocycles. The molecule has 2 N–H and O–H groups in total. The van der Waals surface area contributed by atoms with E-state index in [9.17, 15) is 8.42 Å². The van der Waals surface area contributed by atoms with Gasteiger partial charge in [-0.15, -0.1) is 0 Å². The topological polar surface area (TPSA) is 139 Å². The van der Waals surface area contributed by atoms with Gasteiger partial charge in [-0.2, -0.15) is 10.1 Å². The second-order valence-electron chi connectivity index (χ2n) is 6.79. The van der Waals surface area contributed by atoms with Crippen molar-refractivity contribution in [3.05, 3.63) is 60.0 Å². The third kappa shape index (κ3) is 4.47. The van der Waals surface area contributed by atoms with Crippen LogP contribution in [0.2, 0.25) is 0 Å². The van der Waals surface area contributed by atoms with Gasteiger partial charge in [-0.05, 0) is 43.2 Å². The van der Waals surface area contributed by atoms with Crippen molar-refractivity contribution in [3.63, 3.8) is 0 Å². The number of hydrogen-bond acceptors (Lipinski definition) is 8. The molecule has 0 unspecified atom stereocenters. The van der Waals surface area contributed by atoms with Crippen molar-refractivity contribution < 1.29 is 17.7 Å². The van der Waals surface area contributed by atoms with E-state index in [2.05, 4.69) is 20.2 Å². The summed E-state index contributed by atoms with van der Waals surface area (Å²) in [7, 11) is -0.332. The smallest absolute Gasteiger partial charge is 0.261 e. The zero-order valence-electron chi connectivity index (χ0n) is 16.9. The van der Waals surface area contributed by atoms with E-state index in [4.69, 9.17) is 14.4 Å². The Balaban J connectivity index is 1.57. The molecule has 11 heteroatoms. The fraction of sp³-hybridized carbons (Fsp3) is 0.200. The molecule has 0 fully saturated rings. The maximum atomic E-state index is 11.4. The molecule has 0 amide bonds. The van der Waals surface area contributed by atoms with Crippen molar-refractivity contribution in [2.24, 2.45) is 12.2 Å². The third-order valence-corrected chi connectivity index (χ3v) is 5.70. The quantitative estimate of drug-likeness (QED) is 0.460. The average Bonchev–Trinajstić information content (AvgIpc) is 3.38. The van der Waals surface area contributed by atoms with E-state index >= 15 is 0 Å². The Kier molecular flexibility index (Phi) is 5.53. The van der Waals surface area contributed by atoms with E-state index in [1.807, 2.05) is 19.2 Å². The van der Waals surface area contributed by atoms with E-state index < -0.39 is 10.0 Å². The molecule has 3 heterocycles. The number of benzene rings is 1. The van der Waals surface area contributed by atoms with Gasteiger partial charge in [0.1, 0.15) is 0 Å². The highest BCUT2D eigenvalue weighted by atomic mass is 32.2. The maximum Gasteiger partial charge on any atom is 0.261 e. The summed E-state index contributed by atoms with van der Waals surface area (Å²) < 4.78 is 35.2. The molecule has 0 radical (unpaired) electrons. The van der Waals surface area contributed by atoms with Crippen LogP contribution in [-0.4, -0.2) is 40.4 Å². The van der Waals surface area contributed by atoms with Gasteiger partial charge in [-0.1, -0.05) is 11.2 Å². The zero-order chi connectivity index (χ0) is 22.0. The Bertz CT molecular complexity index is 1310. The molecule has 0 atom stereocenters. The highest BCUT2D eigenvalue weighted by molar-refractivity contribution is 7.89. The Morgan fingerprint density at radius 1 is 1.10 bits per heavy atom. The first-order chi connectivity index (χ1) is 14.8. The lowest BCUT2D eigenvalue weighted by molar-refractivity contribution is 0.396. The molecule has 4 rings (SSSR count). The van der Waals surface area contributed by atoms with E-state index in [0.29, 0.717) is 36.0 Å². The molecule has 10 nitrogen and oxygen atoms in total. The van der Waals surface area contributed by atoms with Crippen LogP contribution < -0.4 is 9.88 Å². The molecule has 160 valence electrons. The van der Waals surface area contributed by atoms with Crippen LogP contribution in [0, 0.1) is 0 Å². The minimum absolute atomic E-state index is 0.0145. The highest BCUT2D eigenvalue weighted by Crippen LogP contribution is 2.26. The van der Waals surface area contributed by atoms with Crippen molar-refractivity contribution in [2.75, 3.05) is 7.11 Å². The second-order valence-corrected chi connectivity index (χ2v) is 8.35. The van der Waals surface area contributed by atoms with Gasteiger partial charge in [0.15, 0.2) is 0 Å². The standard InChI is InChI=1S/C20H20N6O4S/c1-26-17(11-8-14-4-3-5-18(23-14)29-2)16(12-22-26)20-24-19(25-30-20)13-6-9-15(10-7-13)31(21,27)28/h3-7,9-10,12H,8,11H2,1-2H3,(H2,21,27,28). The number of aromatic nitrogens is 5. The number of ether oxygens (including phenoxy) is 1. The summed E-state index contributed by atoms with van der Waals surface area (Å²) in [6.45, 7) is 0. The monoisotopic (exact) mass is 440 g/mol. The van der Waals surface area contributed by atoms with Gasteiger partial charge in [0, 0.05) is 24.4 Å². The van der Waals surface area contributed by atoms with E-state index in [-0.39, 0.29) is 4.90 Å². The van der Waals surface area contributed by atoms with Crippen LogP contribution in [0.5, 0.6) is 5.88 Å². The lowest BCUT2D eigenvalue weighted by Crippen LogP contribution is -2.11. The van der Waals surface area contributed by atoms with E-state index in [1.54, 1.807) is 36.2 Å². The third-order valence-electron chi connectivity index (χ3n) is 4.77. The lowest BCUT2D eigenvalue weighted by Gasteiger charge is -2.05. The number of rotatable bonds is 7. The summed E-state index contributed by atoms with van der Waals surface area (Å²) in [6.07, 6.45) is 3.02. The Labute approximate surface area is 178 Å². The van der Waals surface area contributed by atoms with Gasteiger partial charge in [-0.3, -0.25) is 4.68 Å². The Hall–Kier alpha value is -3.57. The number of sulfonamides is 1. The number of nitrogens with zero attached hydrogens (tertiary/aromatic N) is 5. The summed E-state index contributed by atoms with van der Waals surface area (Å²) in [5.74, 6) is 1.23. The fourth-order valence-corrected chi connectivity index (χ4v) is 3.65. The average molecular weight is 440 g/mol. The molecule has 0 bridgehead atoms. The SMILES string of the molecule is COc1cccc(CCc2c(-c3nc(-c4ccc(S(N)(=O)=O)cc4)no3)cnn2C)n1. The largest absolute Gasteiger partial charge is 0.481 e. The second kappa shape index (κ2) is 8.28. The molecule has 0 saturated carbocycles. The van der Waals surface area contributed by atoms with Crippen molar-refractivity contribution >= 4 is 10.0 Å². The van der Waals surface area contributed by atoms with Gasteiger partial charge < -0.3 is 9.26 Å². The summed E-state index contributed by atoms with van der Waals surface area (Å²) in [5.41, 5.74) is 3.15. The van der Waals surface area contributed by atoms with Gasteiger partial charge >= 0.3 is 0 Å². The molecule has 0 aliphatic rings. The highest BCUT2D eigenvalue weighted by Gasteiger charge is 2.18. The predicted molar refractivity (Wildman–Crippen MR) is 112 cm³/mol. The van der Waals surface area contributed by atoms with Crippen LogP contribution in [0.4, 0.5) is 0 Å². The number of pyridine rings is 1. The van der Waals surface area contributed by atoms with Crippen LogP contribution >= 0.6 is 0 Å². The normalized spacial score (nSPS) is 11.6. The number of methoxy groups -OCH3 is 1. The summed E-state index contributed by atoms with van der Waals surface area (Å²) in [4.78, 5) is 8.90. The number of primary sulfonamides is 1. The summed E-state index contributed by atoms with van der Waals surface area (Å²) in [6, 6.07) is 11.6. The Morgan fingerprint density at radius 2 is 1.87 bits per heavy atom. The number of aryl methyl sites for hydroxylation is 2. The molecule has 31 heavy (non-hydrogen) atoms. The van der Waals surface area contributed by atoms with E-state index in [0.717, 1.165) is 17.0 Å². The molecule has 1 aromatic carbocycles. The minimum Gasteiger partial charge on any atom is -0.481 e. The lowest BCUT2D eigenvalue weighted by atomic mass is 10.1. The predicted octanol–water partition coefficient (Wildman–Crippen LogP) is 1.97. The molecule has 0 saturated heterocycles. The molecular formula is C20H20N6O4S. The van der Waals surface area contributed by atoms with Crippen LogP contribution in [0.25, 0.3) is 22.8 Å². The summed E-state index contributed by atoms with van der Waals surface area (Å²) in [5, 5.41) is 13.5. The Morgan fingerprint density at radius 3 is 2.58 bits per heavy atom. The molecular weight excluding hydrogens is 420 g/mol. The first kappa shape index (κ1) is 20.7. The minimum atomic E-state index is -3.76. The molecule has 0 aliphatic carbocycles. The first-order valence-corrected chi connectivity index (χ1v) is 10.9. The van der Waals surface area contributed by atoms with Crippen molar-refractivity contribution in [1.29, 1.82) is 0 Å². The van der Waals surface area contributed by atoms with Gasteiger partial charge in [0.05, 0.1) is 29.5 Å². The van der Waals surface area contributed by atoms with Gasteiger partial charge in [-0.25, -0.2) is 18.5 Å². The van der Waals surface area contributed by atoms with Crippen LogP contribution in [0.1, 0.15) is 11.4 Å². The van der Waals surface area contributed by atoms with E-state index in [1.165, 1.54) is 12.1 Å². The van der Waals surface area contributed by atoms with Crippen molar-refractivity contribution in [1.82, 2.24) is 24.9 Å². The fourth-order valence-electron chi connectivity index (χ4n) is 3.14. The van der Waals surface area contributed by atoms with Crippen LogP contribution in [0.15, 0.2) is 58.1 Å². The molecule has 0 spiro atoms. The molecule has 0 aliphatic heterocycles. The maximum absolute atomic E-state index is 11.4. The summed E-state index contributed by atoms with van der Waals surface area (Å²) >= 11 is 0.